The Kier molecular flexibility index (Phi) is 3.68. The van der Waals surface area contributed by atoms with E-state index in [1.807, 2.05) is 12.4 Å². The van der Waals surface area contributed by atoms with Gasteiger partial charge in [0.25, 0.3) is 0 Å². The highest BCUT2D eigenvalue weighted by atomic mass is 15.3. The molecule has 2 aromatic rings. The van der Waals surface area contributed by atoms with Crippen molar-refractivity contribution < 1.29 is 0 Å². The largest absolute Gasteiger partial charge is 0.364 e. The van der Waals surface area contributed by atoms with Gasteiger partial charge in [0, 0.05) is 25.3 Å². The quantitative estimate of drug-likeness (QED) is 0.917. The summed E-state index contributed by atoms with van der Waals surface area (Å²) in [5.41, 5.74) is 3.73. The van der Waals surface area contributed by atoms with Gasteiger partial charge < -0.3 is 10.2 Å². The number of nitrogens with zero attached hydrogens (tertiary/aromatic N) is 2. The first-order valence-electron chi connectivity index (χ1n) is 7.57. The zero-order chi connectivity index (χ0) is 14.9. The van der Waals surface area contributed by atoms with Crippen LogP contribution in [0.2, 0.25) is 0 Å². The highest BCUT2D eigenvalue weighted by Crippen LogP contribution is 2.29. The van der Waals surface area contributed by atoms with Crippen LogP contribution < -0.4 is 10.2 Å². The van der Waals surface area contributed by atoms with Gasteiger partial charge >= 0.3 is 0 Å². The molecule has 0 amide bonds. The molecule has 0 aliphatic carbocycles. The van der Waals surface area contributed by atoms with Crippen LogP contribution in [0, 0.1) is 6.92 Å². The second kappa shape index (κ2) is 5.49. The van der Waals surface area contributed by atoms with Crippen molar-refractivity contribution in [2.24, 2.45) is 0 Å². The fourth-order valence-electron chi connectivity index (χ4n) is 3.08. The first-order chi connectivity index (χ1) is 10.1. The van der Waals surface area contributed by atoms with Crippen LogP contribution in [0.15, 0.2) is 48.8 Å². The average molecular weight is 281 g/mol. The third-order valence-corrected chi connectivity index (χ3v) is 4.41. The van der Waals surface area contributed by atoms with Crippen LogP contribution in [0.3, 0.4) is 0 Å². The predicted molar refractivity (Wildman–Crippen MR) is 87.6 cm³/mol. The minimum Gasteiger partial charge on any atom is -0.364 e. The van der Waals surface area contributed by atoms with Crippen LogP contribution in [0.4, 0.5) is 5.69 Å². The van der Waals surface area contributed by atoms with E-state index in [0.29, 0.717) is 6.04 Å². The van der Waals surface area contributed by atoms with Crippen molar-refractivity contribution in [3.05, 3.63) is 59.9 Å². The van der Waals surface area contributed by atoms with Crippen molar-refractivity contribution in [3.63, 3.8) is 0 Å². The topological polar surface area (TPSA) is 28.2 Å². The molecule has 2 atom stereocenters. The lowest BCUT2D eigenvalue weighted by atomic mass is 9.88. The maximum absolute atomic E-state index is 4.35. The first-order valence-corrected chi connectivity index (χ1v) is 7.57. The van der Waals surface area contributed by atoms with E-state index in [1.54, 1.807) is 0 Å². The highest BCUT2D eigenvalue weighted by molar-refractivity contribution is 5.49. The Morgan fingerprint density at radius 1 is 1.24 bits per heavy atom. The second-order valence-corrected chi connectivity index (χ2v) is 6.28. The molecule has 3 nitrogen and oxygen atoms in total. The Morgan fingerprint density at radius 3 is 2.71 bits per heavy atom. The Labute approximate surface area is 127 Å². The van der Waals surface area contributed by atoms with Crippen molar-refractivity contribution in [2.45, 2.75) is 32.4 Å². The molecule has 110 valence electrons. The summed E-state index contributed by atoms with van der Waals surface area (Å²) in [7, 11) is 0. The van der Waals surface area contributed by atoms with E-state index < -0.39 is 0 Å². The molecule has 1 aromatic carbocycles. The molecule has 0 bridgehead atoms. The van der Waals surface area contributed by atoms with Gasteiger partial charge in [0.15, 0.2) is 0 Å². The summed E-state index contributed by atoms with van der Waals surface area (Å²) in [6, 6.07) is 13.4. The van der Waals surface area contributed by atoms with Gasteiger partial charge in [-0.1, -0.05) is 30.3 Å². The third kappa shape index (κ3) is 2.79. The minimum absolute atomic E-state index is 0.0302. The number of hydrogen-bond acceptors (Lipinski definition) is 3. The van der Waals surface area contributed by atoms with Crippen molar-refractivity contribution in [1.82, 2.24) is 10.3 Å². The van der Waals surface area contributed by atoms with E-state index in [2.05, 4.69) is 72.4 Å². The maximum atomic E-state index is 4.35. The predicted octanol–water partition coefficient (Wildman–Crippen LogP) is 3.10. The second-order valence-electron chi connectivity index (χ2n) is 6.28. The van der Waals surface area contributed by atoms with Gasteiger partial charge in [-0.05, 0) is 38.0 Å². The summed E-state index contributed by atoms with van der Waals surface area (Å²) in [5.74, 6) is 0. The fraction of sp³-hybridized carbons (Fsp3) is 0.389. The Bertz CT molecular complexity index is 611. The Morgan fingerprint density at radius 2 is 2.00 bits per heavy atom. The molecule has 2 heterocycles. The van der Waals surface area contributed by atoms with Gasteiger partial charge in [-0.3, -0.25) is 4.98 Å². The number of aryl methyl sites for hydroxylation is 1. The van der Waals surface area contributed by atoms with Gasteiger partial charge in [0.05, 0.1) is 17.4 Å². The molecular formula is C18H23N3. The number of nitrogens with one attached hydrogen (secondary N) is 1. The maximum Gasteiger partial charge on any atom is 0.0584 e. The Hall–Kier alpha value is -1.87. The lowest BCUT2D eigenvalue weighted by Crippen LogP contribution is -2.60. The number of anilines is 1. The lowest BCUT2D eigenvalue weighted by molar-refractivity contribution is 0.299. The monoisotopic (exact) mass is 281 g/mol. The molecule has 1 aliphatic rings. The molecule has 1 aliphatic heterocycles. The van der Waals surface area contributed by atoms with E-state index in [4.69, 9.17) is 0 Å². The molecule has 1 saturated heterocycles. The Balaban J connectivity index is 1.92. The number of benzene rings is 1. The van der Waals surface area contributed by atoms with Crippen LogP contribution >= 0.6 is 0 Å². The molecule has 2 unspecified atom stereocenters. The van der Waals surface area contributed by atoms with E-state index >= 15 is 0 Å². The van der Waals surface area contributed by atoms with Crippen molar-refractivity contribution in [1.29, 1.82) is 0 Å². The zero-order valence-electron chi connectivity index (χ0n) is 13.0. The normalized spacial score (nSPS) is 25.9. The van der Waals surface area contributed by atoms with E-state index in [1.165, 1.54) is 16.8 Å². The molecule has 0 saturated carbocycles. The third-order valence-electron chi connectivity index (χ3n) is 4.41. The summed E-state index contributed by atoms with van der Waals surface area (Å²) in [4.78, 5) is 6.81. The van der Waals surface area contributed by atoms with E-state index in [0.717, 1.165) is 13.1 Å². The first kappa shape index (κ1) is 14.1. The fourth-order valence-corrected chi connectivity index (χ4v) is 3.08. The molecule has 0 spiro atoms. The number of pyridine rings is 1. The van der Waals surface area contributed by atoms with Crippen LogP contribution in [0.5, 0.6) is 0 Å². The van der Waals surface area contributed by atoms with E-state index in [-0.39, 0.29) is 5.54 Å². The molecule has 0 radical (unpaired) electrons. The lowest BCUT2D eigenvalue weighted by Gasteiger charge is -2.46. The number of hydrogen-bond donors (Lipinski definition) is 1. The minimum atomic E-state index is -0.0302. The molecule has 1 aromatic heterocycles. The van der Waals surface area contributed by atoms with Crippen LogP contribution in [0.1, 0.15) is 25.0 Å². The SMILES string of the molecule is Cc1cncc(N2CC(C)(c3ccccc3)NCC2C)c1. The molecule has 1 N–H and O–H groups in total. The highest BCUT2D eigenvalue weighted by Gasteiger charge is 2.35. The molecular weight excluding hydrogens is 258 g/mol. The molecule has 21 heavy (non-hydrogen) atoms. The standard InChI is InChI=1S/C18H23N3/c1-14-9-17(12-19-10-14)21-13-18(3,20-11-15(21)2)16-7-5-4-6-8-16/h4-10,12,15,20H,11,13H2,1-3H3. The summed E-state index contributed by atoms with van der Waals surface area (Å²) >= 11 is 0. The van der Waals surface area contributed by atoms with Crippen molar-refractivity contribution in [2.75, 3.05) is 18.0 Å². The molecule has 3 rings (SSSR count). The van der Waals surface area contributed by atoms with Crippen molar-refractivity contribution >= 4 is 5.69 Å². The molecule has 1 fully saturated rings. The van der Waals surface area contributed by atoms with Crippen LogP contribution in [-0.4, -0.2) is 24.1 Å². The summed E-state index contributed by atoms with van der Waals surface area (Å²) < 4.78 is 0. The summed E-state index contributed by atoms with van der Waals surface area (Å²) in [6.45, 7) is 8.56. The van der Waals surface area contributed by atoms with Gasteiger partial charge in [-0.15, -0.1) is 0 Å². The molecule has 3 heteroatoms. The van der Waals surface area contributed by atoms with E-state index in [9.17, 15) is 0 Å². The van der Waals surface area contributed by atoms with Gasteiger partial charge in [0.2, 0.25) is 0 Å². The number of rotatable bonds is 2. The van der Waals surface area contributed by atoms with Crippen LogP contribution in [0.25, 0.3) is 0 Å². The van der Waals surface area contributed by atoms with Crippen LogP contribution in [-0.2, 0) is 5.54 Å². The van der Waals surface area contributed by atoms with Gasteiger partial charge in [-0.25, -0.2) is 0 Å². The average Bonchev–Trinajstić information content (AvgIpc) is 2.51. The number of aromatic nitrogens is 1. The summed E-state index contributed by atoms with van der Waals surface area (Å²) in [6.07, 6.45) is 3.88. The smallest absolute Gasteiger partial charge is 0.0584 e. The van der Waals surface area contributed by atoms with Gasteiger partial charge in [-0.2, -0.15) is 0 Å². The van der Waals surface area contributed by atoms with Crippen molar-refractivity contribution in [3.8, 4) is 0 Å². The number of piperazine rings is 1. The summed E-state index contributed by atoms with van der Waals surface area (Å²) in [5, 5.41) is 3.71. The van der Waals surface area contributed by atoms with Gasteiger partial charge in [0.1, 0.15) is 0 Å². The zero-order valence-corrected chi connectivity index (χ0v) is 13.0.